The van der Waals surface area contributed by atoms with Crippen LogP contribution in [-0.4, -0.2) is 19.2 Å². The fourth-order valence-corrected chi connectivity index (χ4v) is 1.38. The molecule has 0 spiro atoms. The number of ether oxygens (including phenoxy) is 1. The number of nitrogens with zero attached hydrogens (tertiary/aromatic N) is 1. The third kappa shape index (κ3) is 2.78. The first kappa shape index (κ1) is 8.37. The fourth-order valence-electron chi connectivity index (χ4n) is 1.38. The van der Waals surface area contributed by atoms with Crippen molar-refractivity contribution in [3.8, 4) is 0 Å². The van der Waals surface area contributed by atoms with Gasteiger partial charge in [0.1, 0.15) is 6.10 Å². The van der Waals surface area contributed by atoms with Gasteiger partial charge in [-0.15, -0.1) is 0 Å². The lowest BCUT2D eigenvalue weighted by Crippen LogP contribution is -2.23. The van der Waals surface area contributed by atoms with Gasteiger partial charge in [-0.1, -0.05) is 6.42 Å². The zero-order chi connectivity index (χ0) is 8.10. The molecule has 63 valence electrons. The van der Waals surface area contributed by atoms with Crippen LogP contribution in [0.3, 0.4) is 0 Å². The third-order valence-corrected chi connectivity index (χ3v) is 2.00. The molecular formula is C8H14NO2. The molecule has 0 atom stereocenters. The van der Waals surface area contributed by atoms with Crippen LogP contribution in [0, 0.1) is 0 Å². The molecule has 0 N–H and O–H groups in total. The Kier molecular flexibility index (Phi) is 3.20. The van der Waals surface area contributed by atoms with Gasteiger partial charge in [0.2, 0.25) is 0 Å². The number of hydrogen-bond acceptors (Lipinski definition) is 2. The molecule has 1 rings (SSSR count). The molecule has 0 aromatic rings. The summed E-state index contributed by atoms with van der Waals surface area (Å²) in [5, 5.41) is 3.42. The zero-order valence-electron chi connectivity index (χ0n) is 6.88. The van der Waals surface area contributed by atoms with Crippen LogP contribution in [0.4, 0.5) is 4.79 Å². The Morgan fingerprint density at radius 3 is 2.55 bits per heavy atom. The highest BCUT2D eigenvalue weighted by molar-refractivity contribution is 5.66. The summed E-state index contributed by atoms with van der Waals surface area (Å²) >= 11 is 0. The molecule has 0 aliphatic heterocycles. The van der Waals surface area contributed by atoms with E-state index < -0.39 is 6.09 Å². The Bertz CT molecular complexity index is 130. The van der Waals surface area contributed by atoms with Crippen LogP contribution >= 0.6 is 0 Å². The standard InChI is InChI=1S/C8H14NO2/c1-9-8(10)11-7-5-3-2-4-6-7/h7H,2-6H2,1H3. The predicted octanol–water partition coefficient (Wildman–Crippen LogP) is 1.69. The van der Waals surface area contributed by atoms with Gasteiger partial charge in [-0.05, 0) is 25.7 Å². The minimum absolute atomic E-state index is 0.139. The lowest BCUT2D eigenvalue weighted by atomic mass is 9.98. The van der Waals surface area contributed by atoms with Crippen molar-refractivity contribution in [2.75, 3.05) is 7.05 Å². The van der Waals surface area contributed by atoms with Crippen molar-refractivity contribution in [3.63, 3.8) is 0 Å². The summed E-state index contributed by atoms with van der Waals surface area (Å²) in [4.78, 5) is 10.7. The molecule has 0 saturated heterocycles. The van der Waals surface area contributed by atoms with E-state index in [4.69, 9.17) is 4.74 Å². The molecule has 0 unspecified atom stereocenters. The van der Waals surface area contributed by atoms with Gasteiger partial charge in [0.05, 0.1) is 0 Å². The van der Waals surface area contributed by atoms with Crippen LogP contribution in [0.1, 0.15) is 32.1 Å². The second-order valence-corrected chi connectivity index (χ2v) is 2.87. The van der Waals surface area contributed by atoms with Crippen LogP contribution in [0.15, 0.2) is 0 Å². The Morgan fingerprint density at radius 1 is 1.36 bits per heavy atom. The van der Waals surface area contributed by atoms with Crippen LogP contribution in [0.25, 0.3) is 0 Å². The summed E-state index contributed by atoms with van der Waals surface area (Å²) < 4.78 is 5.03. The Morgan fingerprint density at radius 2 is 2.00 bits per heavy atom. The van der Waals surface area contributed by atoms with E-state index in [1.165, 1.54) is 26.3 Å². The topological polar surface area (TPSA) is 40.4 Å². The van der Waals surface area contributed by atoms with Gasteiger partial charge in [-0.3, -0.25) is 0 Å². The maximum atomic E-state index is 10.7. The zero-order valence-corrected chi connectivity index (χ0v) is 6.88. The molecule has 0 heterocycles. The largest absolute Gasteiger partial charge is 0.445 e. The van der Waals surface area contributed by atoms with E-state index in [1.54, 1.807) is 0 Å². The van der Waals surface area contributed by atoms with Crippen LogP contribution in [0.5, 0.6) is 0 Å². The molecule has 3 heteroatoms. The highest BCUT2D eigenvalue weighted by atomic mass is 16.6. The minimum atomic E-state index is -0.420. The van der Waals surface area contributed by atoms with E-state index in [1.807, 2.05) is 0 Å². The van der Waals surface area contributed by atoms with Gasteiger partial charge in [0, 0.05) is 7.05 Å². The first-order valence-electron chi connectivity index (χ1n) is 4.13. The van der Waals surface area contributed by atoms with E-state index in [-0.39, 0.29) is 6.10 Å². The van der Waals surface area contributed by atoms with Gasteiger partial charge < -0.3 is 4.74 Å². The number of carbonyl (C=O) groups excluding carboxylic acids is 1. The van der Waals surface area contributed by atoms with Crippen molar-refractivity contribution in [3.05, 3.63) is 0 Å². The smallest absolute Gasteiger partial charge is 0.428 e. The second kappa shape index (κ2) is 4.21. The molecule has 0 aromatic heterocycles. The maximum absolute atomic E-state index is 10.7. The summed E-state index contributed by atoms with van der Waals surface area (Å²) in [6.45, 7) is 0. The first-order valence-corrected chi connectivity index (χ1v) is 4.13. The molecule has 0 bridgehead atoms. The molecule has 3 nitrogen and oxygen atoms in total. The van der Waals surface area contributed by atoms with Crippen molar-refractivity contribution < 1.29 is 9.53 Å². The van der Waals surface area contributed by atoms with Gasteiger partial charge in [-0.25, -0.2) is 10.1 Å². The van der Waals surface area contributed by atoms with Crippen LogP contribution < -0.4 is 5.32 Å². The number of amides is 1. The molecule has 1 aliphatic rings. The quantitative estimate of drug-likeness (QED) is 0.579. The molecule has 1 radical (unpaired) electrons. The average molecular weight is 156 g/mol. The Labute approximate surface area is 67.1 Å². The first-order chi connectivity index (χ1) is 5.33. The molecule has 1 saturated carbocycles. The highest BCUT2D eigenvalue weighted by Crippen LogP contribution is 2.20. The molecule has 1 aliphatic carbocycles. The normalized spacial score (nSPS) is 19.4. The van der Waals surface area contributed by atoms with Gasteiger partial charge >= 0.3 is 6.09 Å². The number of hydrogen-bond donors (Lipinski definition) is 0. The van der Waals surface area contributed by atoms with E-state index in [9.17, 15) is 4.79 Å². The predicted molar refractivity (Wildman–Crippen MR) is 41.4 cm³/mol. The Balaban J connectivity index is 2.19. The van der Waals surface area contributed by atoms with Crippen LogP contribution in [0.2, 0.25) is 0 Å². The van der Waals surface area contributed by atoms with E-state index >= 15 is 0 Å². The molecule has 11 heavy (non-hydrogen) atoms. The molecule has 1 amide bonds. The lowest BCUT2D eigenvalue weighted by molar-refractivity contribution is 0.0762. The number of rotatable bonds is 1. The summed E-state index contributed by atoms with van der Waals surface area (Å²) in [7, 11) is 1.46. The van der Waals surface area contributed by atoms with Gasteiger partial charge in [-0.2, -0.15) is 0 Å². The van der Waals surface area contributed by atoms with Crippen molar-refractivity contribution in [1.82, 2.24) is 5.32 Å². The van der Waals surface area contributed by atoms with Crippen molar-refractivity contribution in [2.45, 2.75) is 38.2 Å². The highest BCUT2D eigenvalue weighted by Gasteiger charge is 2.16. The fraction of sp³-hybridized carbons (Fsp3) is 0.875. The molecular weight excluding hydrogens is 142 g/mol. The maximum Gasteiger partial charge on any atom is 0.428 e. The SMILES string of the molecule is C[N]C(=O)OC1CCCCC1. The average Bonchev–Trinajstić information content (AvgIpc) is 2.06. The van der Waals surface area contributed by atoms with E-state index in [0.717, 1.165) is 12.8 Å². The second-order valence-electron chi connectivity index (χ2n) is 2.87. The van der Waals surface area contributed by atoms with Crippen LogP contribution in [-0.2, 0) is 4.74 Å². The van der Waals surface area contributed by atoms with Crippen molar-refractivity contribution in [2.24, 2.45) is 0 Å². The summed E-state index contributed by atoms with van der Waals surface area (Å²) in [5.41, 5.74) is 0. The third-order valence-electron chi connectivity index (χ3n) is 2.00. The Hall–Kier alpha value is -0.730. The molecule has 1 fully saturated rings. The summed E-state index contributed by atoms with van der Waals surface area (Å²) in [6, 6.07) is 0. The van der Waals surface area contributed by atoms with E-state index in [2.05, 4.69) is 5.32 Å². The van der Waals surface area contributed by atoms with Gasteiger partial charge in [0.25, 0.3) is 0 Å². The van der Waals surface area contributed by atoms with Gasteiger partial charge in [0.15, 0.2) is 0 Å². The van der Waals surface area contributed by atoms with Crippen molar-refractivity contribution in [1.29, 1.82) is 0 Å². The molecule has 0 aromatic carbocycles. The lowest BCUT2D eigenvalue weighted by Gasteiger charge is -2.20. The minimum Gasteiger partial charge on any atom is -0.445 e. The number of carbonyl (C=O) groups is 1. The summed E-state index contributed by atoms with van der Waals surface area (Å²) in [6.07, 6.45) is 5.39. The summed E-state index contributed by atoms with van der Waals surface area (Å²) in [5.74, 6) is 0. The van der Waals surface area contributed by atoms with Crippen molar-refractivity contribution >= 4 is 6.09 Å². The monoisotopic (exact) mass is 156 g/mol. The van der Waals surface area contributed by atoms with E-state index in [0.29, 0.717) is 0 Å².